The van der Waals surface area contributed by atoms with Gasteiger partial charge < -0.3 is 4.57 Å². The van der Waals surface area contributed by atoms with Gasteiger partial charge in [0.15, 0.2) is 5.78 Å². The minimum Gasteiger partial charge on any atom is -0.346 e. The molecule has 0 atom stereocenters. The fourth-order valence-corrected chi connectivity index (χ4v) is 3.06. The monoisotopic (exact) mass is 287 g/mol. The number of halogens is 1. The van der Waals surface area contributed by atoms with E-state index < -0.39 is 0 Å². The summed E-state index contributed by atoms with van der Waals surface area (Å²) in [7, 11) is 0. The molecule has 0 unspecified atom stereocenters. The van der Waals surface area contributed by atoms with E-state index in [0.29, 0.717) is 6.42 Å². The number of benzene rings is 1. The van der Waals surface area contributed by atoms with Crippen LogP contribution in [0.25, 0.3) is 0 Å². The molecule has 0 saturated heterocycles. The van der Waals surface area contributed by atoms with Crippen molar-refractivity contribution < 1.29 is 4.79 Å². The molecule has 0 bridgehead atoms. The van der Waals surface area contributed by atoms with Crippen LogP contribution >= 0.6 is 11.6 Å². The van der Waals surface area contributed by atoms with E-state index in [4.69, 9.17) is 11.6 Å². The number of carbonyl (C=O) groups is 1. The smallest absolute Gasteiger partial charge is 0.165 e. The molecule has 1 heterocycles. The average Bonchev–Trinajstić information content (AvgIpc) is 2.74. The van der Waals surface area contributed by atoms with E-state index in [1.54, 1.807) is 0 Å². The molecule has 0 saturated carbocycles. The van der Waals surface area contributed by atoms with Crippen molar-refractivity contribution in [2.75, 3.05) is 0 Å². The molecule has 1 aromatic heterocycles. The van der Waals surface area contributed by atoms with Crippen LogP contribution in [0.4, 0.5) is 0 Å². The number of hydrogen-bond donors (Lipinski definition) is 0. The highest BCUT2D eigenvalue weighted by molar-refractivity contribution is 6.30. The molecule has 2 aromatic rings. The van der Waals surface area contributed by atoms with E-state index in [9.17, 15) is 4.79 Å². The van der Waals surface area contributed by atoms with Crippen molar-refractivity contribution in [3.8, 4) is 0 Å². The summed E-state index contributed by atoms with van der Waals surface area (Å²) in [6, 6.07) is 9.84. The summed E-state index contributed by atoms with van der Waals surface area (Å²) in [6.07, 6.45) is 3.62. The maximum atomic E-state index is 12.2. The lowest BCUT2D eigenvalue weighted by molar-refractivity contribution is 0.0910. The molecule has 1 aliphatic rings. The first-order valence-electron chi connectivity index (χ1n) is 6.90. The van der Waals surface area contributed by atoms with Gasteiger partial charge in [-0.3, -0.25) is 4.79 Å². The third-order valence-electron chi connectivity index (χ3n) is 3.93. The molecule has 0 N–H and O–H groups in total. The van der Waals surface area contributed by atoms with E-state index >= 15 is 0 Å². The van der Waals surface area contributed by atoms with Crippen LogP contribution in [0.2, 0.25) is 5.02 Å². The topological polar surface area (TPSA) is 22.0 Å². The standard InChI is InChI=1S/C17H18ClNO/c1-17(2)9-15-14(16(20)10-17)7-8-19(15)11-12-3-5-13(18)6-4-12/h3-8H,9-11H2,1-2H3. The van der Waals surface area contributed by atoms with Crippen LogP contribution in [0.1, 0.15) is 41.9 Å². The number of nitrogens with zero attached hydrogens (tertiary/aromatic N) is 1. The molecule has 3 rings (SSSR count). The van der Waals surface area contributed by atoms with E-state index in [2.05, 4.69) is 18.4 Å². The Balaban J connectivity index is 1.93. The highest BCUT2D eigenvalue weighted by atomic mass is 35.5. The van der Waals surface area contributed by atoms with Gasteiger partial charge in [0.25, 0.3) is 0 Å². The fourth-order valence-electron chi connectivity index (χ4n) is 2.94. The lowest BCUT2D eigenvalue weighted by Gasteiger charge is -2.29. The molecule has 2 nitrogen and oxygen atoms in total. The Morgan fingerprint density at radius 1 is 1.15 bits per heavy atom. The largest absolute Gasteiger partial charge is 0.346 e. The predicted octanol–water partition coefficient (Wildman–Crippen LogP) is 4.34. The summed E-state index contributed by atoms with van der Waals surface area (Å²) in [5, 5.41) is 0.750. The zero-order valence-electron chi connectivity index (χ0n) is 11.8. The van der Waals surface area contributed by atoms with Gasteiger partial charge in [0.1, 0.15) is 0 Å². The fraction of sp³-hybridized carbons (Fsp3) is 0.353. The maximum Gasteiger partial charge on any atom is 0.165 e. The van der Waals surface area contributed by atoms with Crippen molar-refractivity contribution in [1.82, 2.24) is 4.57 Å². The van der Waals surface area contributed by atoms with Crippen LogP contribution in [0, 0.1) is 5.41 Å². The van der Waals surface area contributed by atoms with Crippen LogP contribution in [0.3, 0.4) is 0 Å². The highest BCUT2D eigenvalue weighted by Gasteiger charge is 2.32. The van der Waals surface area contributed by atoms with E-state index in [0.717, 1.165) is 23.6 Å². The Hall–Kier alpha value is -1.54. The summed E-state index contributed by atoms with van der Waals surface area (Å²) in [4.78, 5) is 12.2. The number of fused-ring (bicyclic) bond motifs is 1. The Kier molecular flexibility index (Phi) is 3.21. The Morgan fingerprint density at radius 2 is 1.85 bits per heavy atom. The van der Waals surface area contributed by atoms with Crippen LogP contribution in [0.5, 0.6) is 0 Å². The first-order valence-corrected chi connectivity index (χ1v) is 7.28. The minimum atomic E-state index is 0.0557. The van der Waals surface area contributed by atoms with Crippen LogP contribution < -0.4 is 0 Å². The molecule has 1 aromatic carbocycles. The number of carbonyl (C=O) groups excluding carboxylic acids is 1. The number of ketones is 1. The molecule has 20 heavy (non-hydrogen) atoms. The van der Waals surface area contributed by atoms with Gasteiger partial charge in [0, 0.05) is 35.4 Å². The van der Waals surface area contributed by atoms with Gasteiger partial charge in [-0.2, -0.15) is 0 Å². The second kappa shape index (κ2) is 4.78. The molecule has 0 aliphatic heterocycles. The van der Waals surface area contributed by atoms with E-state index in [1.165, 1.54) is 11.3 Å². The summed E-state index contributed by atoms with van der Waals surface area (Å²) in [5.41, 5.74) is 3.32. The highest BCUT2D eigenvalue weighted by Crippen LogP contribution is 2.35. The molecule has 0 fully saturated rings. The zero-order chi connectivity index (χ0) is 14.3. The molecular weight excluding hydrogens is 270 g/mol. The lowest BCUT2D eigenvalue weighted by atomic mass is 9.76. The lowest BCUT2D eigenvalue weighted by Crippen LogP contribution is -2.28. The van der Waals surface area contributed by atoms with Crippen LogP contribution in [-0.2, 0) is 13.0 Å². The number of hydrogen-bond acceptors (Lipinski definition) is 1. The first-order chi connectivity index (χ1) is 9.44. The Labute approximate surface area is 124 Å². The quantitative estimate of drug-likeness (QED) is 0.805. The molecule has 0 amide bonds. The van der Waals surface area contributed by atoms with Crippen LogP contribution in [0.15, 0.2) is 36.5 Å². The second-order valence-electron chi connectivity index (χ2n) is 6.37. The van der Waals surface area contributed by atoms with Crippen molar-refractivity contribution >= 4 is 17.4 Å². The van der Waals surface area contributed by atoms with Crippen molar-refractivity contribution in [1.29, 1.82) is 0 Å². The molecular formula is C17H18ClNO. The van der Waals surface area contributed by atoms with Crippen molar-refractivity contribution in [2.45, 2.75) is 33.2 Å². The maximum absolute atomic E-state index is 12.2. The molecule has 1 aliphatic carbocycles. The normalized spacial score (nSPS) is 17.1. The van der Waals surface area contributed by atoms with Gasteiger partial charge in [-0.1, -0.05) is 37.6 Å². The van der Waals surface area contributed by atoms with Crippen molar-refractivity contribution in [3.63, 3.8) is 0 Å². The molecule has 3 heteroatoms. The Bertz CT molecular complexity index is 652. The van der Waals surface area contributed by atoms with Gasteiger partial charge in [-0.15, -0.1) is 0 Å². The van der Waals surface area contributed by atoms with Crippen molar-refractivity contribution in [3.05, 3.63) is 58.4 Å². The summed E-state index contributed by atoms with van der Waals surface area (Å²) in [5.74, 6) is 0.270. The molecule has 0 spiro atoms. The van der Waals surface area contributed by atoms with Gasteiger partial charge in [-0.25, -0.2) is 0 Å². The van der Waals surface area contributed by atoms with Crippen molar-refractivity contribution in [2.24, 2.45) is 5.41 Å². The minimum absolute atomic E-state index is 0.0557. The Morgan fingerprint density at radius 3 is 2.55 bits per heavy atom. The third kappa shape index (κ3) is 2.53. The summed E-state index contributed by atoms with van der Waals surface area (Å²) >= 11 is 5.91. The second-order valence-corrected chi connectivity index (χ2v) is 6.81. The van der Waals surface area contributed by atoms with E-state index in [1.807, 2.05) is 36.5 Å². The first kappa shape index (κ1) is 13.4. The van der Waals surface area contributed by atoms with Crippen LogP contribution in [-0.4, -0.2) is 10.4 Å². The number of rotatable bonds is 2. The van der Waals surface area contributed by atoms with Gasteiger partial charge in [0.2, 0.25) is 0 Å². The summed E-state index contributed by atoms with van der Waals surface area (Å²) < 4.78 is 2.19. The third-order valence-corrected chi connectivity index (χ3v) is 4.18. The zero-order valence-corrected chi connectivity index (χ0v) is 12.6. The van der Waals surface area contributed by atoms with Gasteiger partial charge in [0.05, 0.1) is 0 Å². The summed E-state index contributed by atoms with van der Waals surface area (Å²) in [6.45, 7) is 5.11. The SMILES string of the molecule is CC1(C)CC(=O)c2ccn(Cc3ccc(Cl)cc3)c2C1. The molecule has 0 radical (unpaired) electrons. The number of Topliss-reactive ketones (excluding diaryl/α,β-unsaturated/α-hetero) is 1. The predicted molar refractivity (Wildman–Crippen MR) is 81.4 cm³/mol. The van der Waals surface area contributed by atoms with Gasteiger partial charge in [-0.05, 0) is 35.6 Å². The molecule has 104 valence electrons. The van der Waals surface area contributed by atoms with Gasteiger partial charge >= 0.3 is 0 Å². The van der Waals surface area contributed by atoms with E-state index in [-0.39, 0.29) is 11.2 Å². The number of aromatic nitrogens is 1. The average molecular weight is 288 g/mol.